The summed E-state index contributed by atoms with van der Waals surface area (Å²) < 4.78 is 0. The van der Waals surface area contributed by atoms with Gasteiger partial charge in [0.15, 0.2) is 0 Å². The van der Waals surface area contributed by atoms with Crippen molar-refractivity contribution in [1.82, 2.24) is 5.32 Å². The van der Waals surface area contributed by atoms with Gasteiger partial charge in [0, 0.05) is 43.0 Å². The molecule has 0 aromatic heterocycles. The second-order valence-electron chi connectivity index (χ2n) is 4.91. The van der Waals surface area contributed by atoms with E-state index in [0.29, 0.717) is 12.2 Å². The Morgan fingerprint density at radius 3 is 2.12 bits per heavy atom. The van der Waals surface area contributed by atoms with E-state index in [4.69, 9.17) is 11.6 Å². The van der Waals surface area contributed by atoms with Crippen LogP contribution in [0.1, 0.15) is 10.4 Å². The van der Waals surface area contributed by atoms with Crippen molar-refractivity contribution in [2.45, 2.75) is 0 Å². The fraction of sp³-hybridized carbons (Fsp3) is 0.133. The Bertz CT molecular complexity index is 810. The van der Waals surface area contributed by atoms with Gasteiger partial charge in [-0.2, -0.15) is 0 Å². The number of halogens is 1. The maximum Gasteiger partial charge on any atom is 0.270 e. The van der Waals surface area contributed by atoms with Crippen LogP contribution >= 0.6 is 11.6 Å². The van der Waals surface area contributed by atoms with Gasteiger partial charge in [0.05, 0.1) is 20.4 Å². The second-order valence-corrected chi connectivity index (χ2v) is 5.32. The summed E-state index contributed by atoms with van der Waals surface area (Å²) in [5.74, 6) is -0.453. The molecule has 0 saturated heterocycles. The number of hydrogen-bond donors (Lipinski definition) is 2. The van der Waals surface area contributed by atoms with Crippen LogP contribution in [0, 0.1) is 20.2 Å². The normalized spacial score (nSPS) is 10.1. The van der Waals surface area contributed by atoms with Crippen molar-refractivity contribution in [3.8, 4) is 0 Å². The summed E-state index contributed by atoms with van der Waals surface area (Å²) >= 11 is 5.88. The fourth-order valence-corrected chi connectivity index (χ4v) is 2.24. The Morgan fingerprint density at radius 2 is 1.56 bits per heavy atom. The number of carbonyl (C=O) groups is 1. The number of non-ortho nitro benzene ring substituents is 2. The third-order valence-electron chi connectivity index (χ3n) is 3.23. The molecule has 0 aliphatic rings. The van der Waals surface area contributed by atoms with Crippen molar-refractivity contribution in [2.24, 2.45) is 0 Å². The number of carbonyl (C=O) groups excluding carboxylic acids is 1. The maximum absolute atomic E-state index is 12.0. The van der Waals surface area contributed by atoms with Crippen LogP contribution in [-0.4, -0.2) is 28.8 Å². The van der Waals surface area contributed by atoms with Gasteiger partial charge < -0.3 is 10.6 Å². The molecule has 2 aromatic rings. The Morgan fingerprint density at radius 1 is 0.960 bits per heavy atom. The molecule has 0 saturated carbocycles. The zero-order valence-corrected chi connectivity index (χ0v) is 13.5. The van der Waals surface area contributed by atoms with E-state index in [-0.39, 0.29) is 28.5 Å². The van der Waals surface area contributed by atoms with Gasteiger partial charge in [-0.25, -0.2) is 0 Å². The summed E-state index contributed by atoms with van der Waals surface area (Å²) in [6.07, 6.45) is 0. The van der Waals surface area contributed by atoms with Gasteiger partial charge in [-0.05, 0) is 18.2 Å². The number of benzene rings is 2. The van der Waals surface area contributed by atoms with Crippen LogP contribution in [0.2, 0.25) is 5.02 Å². The molecule has 25 heavy (non-hydrogen) atoms. The van der Waals surface area contributed by atoms with E-state index in [0.717, 1.165) is 6.07 Å². The summed E-state index contributed by atoms with van der Waals surface area (Å²) in [6, 6.07) is 9.48. The zero-order chi connectivity index (χ0) is 18.4. The lowest BCUT2D eigenvalue weighted by Gasteiger charge is -2.09. The smallest absolute Gasteiger partial charge is 0.270 e. The molecule has 0 radical (unpaired) electrons. The molecule has 0 unspecified atom stereocenters. The van der Waals surface area contributed by atoms with E-state index in [1.165, 1.54) is 24.3 Å². The quantitative estimate of drug-likeness (QED) is 0.441. The molecule has 130 valence electrons. The van der Waals surface area contributed by atoms with Gasteiger partial charge in [-0.3, -0.25) is 25.0 Å². The lowest BCUT2D eigenvalue weighted by Crippen LogP contribution is -2.29. The van der Waals surface area contributed by atoms with Gasteiger partial charge in [-0.1, -0.05) is 11.6 Å². The second kappa shape index (κ2) is 8.06. The van der Waals surface area contributed by atoms with Crippen molar-refractivity contribution in [3.63, 3.8) is 0 Å². The summed E-state index contributed by atoms with van der Waals surface area (Å²) in [4.78, 5) is 32.1. The highest BCUT2D eigenvalue weighted by molar-refractivity contribution is 6.34. The largest absolute Gasteiger partial charge is 0.383 e. The van der Waals surface area contributed by atoms with Crippen molar-refractivity contribution >= 4 is 34.6 Å². The summed E-state index contributed by atoms with van der Waals surface area (Å²) in [5.41, 5.74) is 0.615. The van der Waals surface area contributed by atoms with Gasteiger partial charge in [-0.15, -0.1) is 0 Å². The van der Waals surface area contributed by atoms with E-state index in [1.54, 1.807) is 12.1 Å². The number of nitro groups is 2. The molecule has 0 heterocycles. The monoisotopic (exact) mass is 364 g/mol. The average molecular weight is 365 g/mol. The highest BCUT2D eigenvalue weighted by atomic mass is 35.5. The van der Waals surface area contributed by atoms with E-state index >= 15 is 0 Å². The first-order chi connectivity index (χ1) is 11.9. The standard InChI is InChI=1S/C15H13ClN4O5/c16-14-9-12(20(24)25)5-6-13(14)15(21)18-8-7-17-10-1-3-11(4-2-10)19(22)23/h1-6,9,17H,7-8H2,(H,18,21). The fourth-order valence-electron chi connectivity index (χ4n) is 1.98. The van der Waals surface area contributed by atoms with Crippen LogP contribution in [0.3, 0.4) is 0 Å². The average Bonchev–Trinajstić information content (AvgIpc) is 2.58. The first-order valence-corrected chi connectivity index (χ1v) is 7.47. The van der Waals surface area contributed by atoms with Crippen LogP contribution in [0.15, 0.2) is 42.5 Å². The molecule has 2 rings (SSSR count). The molecule has 0 fully saturated rings. The van der Waals surface area contributed by atoms with Gasteiger partial charge in [0.2, 0.25) is 0 Å². The molecule has 10 heteroatoms. The molecule has 1 amide bonds. The van der Waals surface area contributed by atoms with E-state index in [2.05, 4.69) is 10.6 Å². The minimum atomic E-state index is -0.596. The molecule has 0 spiro atoms. The lowest BCUT2D eigenvalue weighted by atomic mass is 10.2. The molecule has 2 N–H and O–H groups in total. The van der Waals surface area contributed by atoms with Gasteiger partial charge in [0.25, 0.3) is 17.3 Å². The predicted molar refractivity (Wildman–Crippen MR) is 92.0 cm³/mol. The molecule has 2 aromatic carbocycles. The molecular weight excluding hydrogens is 352 g/mol. The van der Waals surface area contributed by atoms with Gasteiger partial charge >= 0.3 is 0 Å². The lowest BCUT2D eigenvalue weighted by molar-refractivity contribution is -0.385. The molecule has 0 aliphatic heterocycles. The first kappa shape index (κ1) is 18.1. The number of hydrogen-bond acceptors (Lipinski definition) is 6. The Kier molecular flexibility index (Phi) is 5.85. The number of amides is 1. The third kappa shape index (κ3) is 4.88. The van der Waals surface area contributed by atoms with Crippen LogP contribution in [-0.2, 0) is 0 Å². The van der Waals surface area contributed by atoms with E-state index < -0.39 is 15.8 Å². The molecule has 0 aliphatic carbocycles. The number of nitrogens with zero attached hydrogens (tertiary/aromatic N) is 2. The maximum atomic E-state index is 12.0. The van der Waals surface area contributed by atoms with Crippen LogP contribution in [0.5, 0.6) is 0 Å². The van der Waals surface area contributed by atoms with Crippen molar-refractivity contribution < 1.29 is 14.6 Å². The van der Waals surface area contributed by atoms with E-state index in [9.17, 15) is 25.0 Å². The predicted octanol–water partition coefficient (Wildman–Crippen LogP) is 3.00. The van der Waals surface area contributed by atoms with Crippen LogP contribution in [0.25, 0.3) is 0 Å². The number of nitrogens with one attached hydrogen (secondary N) is 2. The summed E-state index contributed by atoms with van der Waals surface area (Å²) in [7, 11) is 0. The number of anilines is 1. The van der Waals surface area contributed by atoms with Crippen molar-refractivity contribution in [3.05, 3.63) is 73.3 Å². The van der Waals surface area contributed by atoms with Crippen LogP contribution in [0.4, 0.5) is 17.1 Å². The van der Waals surface area contributed by atoms with Crippen molar-refractivity contribution in [2.75, 3.05) is 18.4 Å². The van der Waals surface area contributed by atoms with Crippen molar-refractivity contribution in [1.29, 1.82) is 0 Å². The van der Waals surface area contributed by atoms with Crippen LogP contribution < -0.4 is 10.6 Å². The Balaban J connectivity index is 1.84. The highest BCUT2D eigenvalue weighted by Gasteiger charge is 2.14. The topological polar surface area (TPSA) is 127 Å². The summed E-state index contributed by atoms with van der Waals surface area (Å²) in [6.45, 7) is 0.650. The zero-order valence-electron chi connectivity index (χ0n) is 12.8. The van der Waals surface area contributed by atoms with Gasteiger partial charge in [0.1, 0.15) is 0 Å². The minimum absolute atomic E-state index is 0.00460. The third-order valence-corrected chi connectivity index (χ3v) is 3.54. The highest BCUT2D eigenvalue weighted by Crippen LogP contribution is 2.22. The number of nitro benzene ring substituents is 2. The van der Waals surface area contributed by atoms with E-state index in [1.807, 2.05) is 0 Å². The SMILES string of the molecule is O=C(NCCNc1ccc([N+](=O)[O-])cc1)c1ccc([N+](=O)[O-])cc1Cl. The first-order valence-electron chi connectivity index (χ1n) is 7.09. The molecule has 0 atom stereocenters. The Hall–Kier alpha value is -3.20. The number of rotatable bonds is 7. The Labute approximate surface area is 146 Å². The molecular formula is C15H13ClN4O5. The summed E-state index contributed by atoms with van der Waals surface area (Å²) in [5, 5.41) is 26.8. The molecule has 0 bridgehead atoms. The molecule has 9 nitrogen and oxygen atoms in total. The minimum Gasteiger partial charge on any atom is -0.383 e.